The summed E-state index contributed by atoms with van der Waals surface area (Å²) >= 11 is 1.94. The van der Waals surface area contributed by atoms with Gasteiger partial charge < -0.3 is 4.74 Å². The molecule has 0 unspecified atom stereocenters. The van der Waals surface area contributed by atoms with Crippen LogP contribution in [0.15, 0.2) is 36.4 Å². The molecule has 0 saturated heterocycles. The Morgan fingerprint density at radius 3 is 2.44 bits per heavy atom. The molecule has 0 saturated carbocycles. The van der Waals surface area contributed by atoms with E-state index in [1.807, 2.05) is 52.9 Å². The molecule has 90 valence electrons. The van der Waals surface area contributed by atoms with Gasteiger partial charge in [-0.2, -0.15) is 5.26 Å². The van der Waals surface area contributed by atoms with Crippen LogP contribution in [0.5, 0.6) is 5.75 Å². The van der Waals surface area contributed by atoms with Crippen molar-refractivity contribution < 1.29 is 9.13 Å². The van der Waals surface area contributed by atoms with Crippen molar-refractivity contribution in [3.05, 3.63) is 51.3 Å². The lowest BCUT2D eigenvalue weighted by atomic mass is 10.0. The Morgan fingerprint density at radius 2 is 1.89 bits per heavy atom. The van der Waals surface area contributed by atoms with Crippen molar-refractivity contribution in [3.8, 4) is 22.9 Å². The predicted molar refractivity (Wildman–Crippen MR) is 75.8 cm³/mol. The fraction of sp³-hybridized carbons (Fsp3) is 0.0714. The maximum Gasteiger partial charge on any atom is 0.138 e. The van der Waals surface area contributed by atoms with E-state index in [-0.39, 0.29) is 5.82 Å². The summed E-state index contributed by atoms with van der Waals surface area (Å²) in [4.78, 5) is 0. The SMILES string of the molecule is COc1ccc(-c2cc(C#N)cc(F)c2I)cc1. The highest BCUT2D eigenvalue weighted by Crippen LogP contribution is 2.29. The Bertz CT molecular complexity index is 617. The molecule has 2 nitrogen and oxygen atoms in total. The smallest absolute Gasteiger partial charge is 0.138 e. The second kappa shape index (κ2) is 5.36. The first kappa shape index (κ1) is 12.8. The average molecular weight is 353 g/mol. The summed E-state index contributed by atoms with van der Waals surface area (Å²) in [5, 5.41) is 8.87. The first-order valence-electron chi connectivity index (χ1n) is 5.19. The third-order valence-corrected chi connectivity index (χ3v) is 3.65. The summed E-state index contributed by atoms with van der Waals surface area (Å²) in [5.41, 5.74) is 1.89. The maximum absolute atomic E-state index is 13.7. The van der Waals surface area contributed by atoms with Gasteiger partial charge in [-0.15, -0.1) is 0 Å². The quantitative estimate of drug-likeness (QED) is 0.766. The molecule has 0 N–H and O–H groups in total. The van der Waals surface area contributed by atoms with Crippen LogP contribution in [0.3, 0.4) is 0 Å². The van der Waals surface area contributed by atoms with Gasteiger partial charge in [-0.25, -0.2) is 4.39 Å². The minimum Gasteiger partial charge on any atom is -0.497 e. The molecule has 2 rings (SSSR count). The van der Waals surface area contributed by atoms with Crippen molar-refractivity contribution in [2.75, 3.05) is 7.11 Å². The van der Waals surface area contributed by atoms with E-state index in [0.717, 1.165) is 16.9 Å². The Hall–Kier alpha value is -1.61. The number of rotatable bonds is 2. The number of methoxy groups -OCH3 is 1. The number of hydrogen-bond donors (Lipinski definition) is 0. The lowest BCUT2D eigenvalue weighted by Crippen LogP contribution is -1.91. The van der Waals surface area contributed by atoms with Crippen molar-refractivity contribution >= 4 is 22.6 Å². The molecule has 0 heterocycles. The van der Waals surface area contributed by atoms with Gasteiger partial charge in [0.15, 0.2) is 0 Å². The van der Waals surface area contributed by atoms with Crippen molar-refractivity contribution in [2.24, 2.45) is 0 Å². The number of ether oxygens (including phenoxy) is 1. The number of nitrogens with zero attached hydrogens (tertiary/aromatic N) is 1. The molecule has 0 aliphatic heterocycles. The largest absolute Gasteiger partial charge is 0.497 e. The Labute approximate surface area is 118 Å². The summed E-state index contributed by atoms with van der Waals surface area (Å²) in [6, 6.07) is 12.2. The molecule has 4 heteroatoms. The summed E-state index contributed by atoms with van der Waals surface area (Å²) < 4.78 is 19.3. The minimum absolute atomic E-state index is 0.318. The van der Waals surface area contributed by atoms with Gasteiger partial charge in [0.2, 0.25) is 0 Å². The van der Waals surface area contributed by atoms with Crippen molar-refractivity contribution in [1.82, 2.24) is 0 Å². The van der Waals surface area contributed by atoms with Crippen LogP contribution in [0.2, 0.25) is 0 Å². The first-order chi connectivity index (χ1) is 8.65. The van der Waals surface area contributed by atoms with E-state index < -0.39 is 0 Å². The highest BCUT2D eigenvalue weighted by atomic mass is 127. The second-order valence-electron chi connectivity index (χ2n) is 3.66. The number of nitriles is 1. The molecular weight excluding hydrogens is 344 g/mol. The molecule has 0 bridgehead atoms. The third kappa shape index (κ3) is 2.46. The zero-order chi connectivity index (χ0) is 13.1. The van der Waals surface area contributed by atoms with Gasteiger partial charge in [0.05, 0.1) is 22.3 Å². The van der Waals surface area contributed by atoms with Crippen molar-refractivity contribution in [3.63, 3.8) is 0 Å². The van der Waals surface area contributed by atoms with Gasteiger partial charge in [-0.05, 0) is 58.0 Å². The van der Waals surface area contributed by atoms with E-state index >= 15 is 0 Å². The predicted octanol–water partition coefficient (Wildman–Crippen LogP) is 3.98. The van der Waals surface area contributed by atoms with E-state index in [4.69, 9.17) is 10.00 Å². The Kier molecular flexibility index (Phi) is 3.82. The molecule has 0 fully saturated rings. The molecule has 0 atom stereocenters. The standard InChI is InChI=1S/C14H9FINO/c1-18-11-4-2-10(3-5-11)12-6-9(8-17)7-13(15)14(12)16/h2-7H,1H3. The molecule has 0 spiro atoms. The molecular formula is C14H9FINO. The first-order valence-corrected chi connectivity index (χ1v) is 6.27. The van der Waals surface area contributed by atoms with Crippen LogP contribution in [-0.2, 0) is 0 Å². The topological polar surface area (TPSA) is 33.0 Å². The van der Waals surface area contributed by atoms with Crippen LogP contribution in [0, 0.1) is 20.7 Å². The number of benzene rings is 2. The van der Waals surface area contributed by atoms with E-state index in [1.54, 1.807) is 13.2 Å². The minimum atomic E-state index is -0.375. The van der Waals surface area contributed by atoms with Gasteiger partial charge in [0, 0.05) is 0 Å². The summed E-state index contributed by atoms with van der Waals surface area (Å²) in [7, 11) is 1.59. The van der Waals surface area contributed by atoms with Crippen LogP contribution in [0.1, 0.15) is 5.56 Å². The maximum atomic E-state index is 13.7. The molecule has 0 aliphatic carbocycles. The third-order valence-electron chi connectivity index (χ3n) is 2.56. The highest BCUT2D eigenvalue weighted by Gasteiger charge is 2.10. The normalized spacial score (nSPS) is 9.89. The van der Waals surface area contributed by atoms with Gasteiger partial charge in [-0.1, -0.05) is 12.1 Å². The van der Waals surface area contributed by atoms with Crippen molar-refractivity contribution in [1.29, 1.82) is 5.26 Å². The van der Waals surface area contributed by atoms with Crippen LogP contribution < -0.4 is 4.74 Å². The van der Waals surface area contributed by atoms with E-state index in [9.17, 15) is 4.39 Å². The van der Waals surface area contributed by atoms with Crippen molar-refractivity contribution in [2.45, 2.75) is 0 Å². The summed E-state index contributed by atoms with van der Waals surface area (Å²) in [6.07, 6.45) is 0. The lowest BCUT2D eigenvalue weighted by molar-refractivity contribution is 0.415. The number of hydrogen-bond acceptors (Lipinski definition) is 2. The molecule has 0 amide bonds. The van der Waals surface area contributed by atoms with Crippen LogP contribution in [0.4, 0.5) is 4.39 Å². The van der Waals surface area contributed by atoms with E-state index in [2.05, 4.69) is 0 Å². The van der Waals surface area contributed by atoms with Crippen LogP contribution in [-0.4, -0.2) is 7.11 Å². The van der Waals surface area contributed by atoms with Gasteiger partial charge in [-0.3, -0.25) is 0 Å². The fourth-order valence-corrected chi connectivity index (χ4v) is 2.26. The molecule has 0 radical (unpaired) electrons. The highest BCUT2D eigenvalue weighted by molar-refractivity contribution is 14.1. The fourth-order valence-electron chi connectivity index (χ4n) is 1.63. The molecule has 2 aromatic carbocycles. The molecule has 0 aromatic heterocycles. The lowest BCUT2D eigenvalue weighted by Gasteiger charge is -2.07. The monoisotopic (exact) mass is 353 g/mol. The summed E-state index contributed by atoms with van der Waals surface area (Å²) in [5.74, 6) is 0.367. The van der Waals surface area contributed by atoms with E-state index in [1.165, 1.54) is 6.07 Å². The number of halogens is 2. The molecule has 18 heavy (non-hydrogen) atoms. The van der Waals surface area contributed by atoms with Gasteiger partial charge >= 0.3 is 0 Å². The zero-order valence-electron chi connectivity index (χ0n) is 9.58. The van der Waals surface area contributed by atoms with E-state index in [0.29, 0.717) is 9.13 Å². The average Bonchev–Trinajstić information content (AvgIpc) is 2.42. The molecule has 0 aliphatic rings. The van der Waals surface area contributed by atoms with Gasteiger partial charge in [0.1, 0.15) is 11.6 Å². The second-order valence-corrected chi connectivity index (χ2v) is 4.74. The Morgan fingerprint density at radius 1 is 1.22 bits per heavy atom. The summed E-state index contributed by atoms with van der Waals surface area (Å²) in [6.45, 7) is 0. The van der Waals surface area contributed by atoms with Gasteiger partial charge in [0.25, 0.3) is 0 Å². The van der Waals surface area contributed by atoms with Crippen LogP contribution >= 0.6 is 22.6 Å². The Balaban J connectivity index is 2.55. The zero-order valence-corrected chi connectivity index (χ0v) is 11.7. The van der Waals surface area contributed by atoms with Crippen LogP contribution in [0.25, 0.3) is 11.1 Å². The molecule has 2 aromatic rings.